The molecule has 6 heteroatoms. The largest absolute Gasteiger partial charge is 0.508 e. The molecule has 0 bridgehead atoms. The maximum atomic E-state index is 9.42. The Morgan fingerprint density at radius 3 is 2.52 bits per heavy atom. The number of hydrogen-bond acceptors (Lipinski definition) is 3. The molecule has 1 aromatic carbocycles. The van der Waals surface area contributed by atoms with Crippen LogP contribution in [0.3, 0.4) is 0 Å². The molecular formula is C19H19Cl2N3O. The van der Waals surface area contributed by atoms with Crippen LogP contribution < -0.4 is 0 Å². The van der Waals surface area contributed by atoms with Gasteiger partial charge in [0, 0.05) is 18.9 Å². The third-order valence-corrected chi connectivity index (χ3v) is 5.35. The van der Waals surface area contributed by atoms with Crippen molar-refractivity contribution in [2.24, 2.45) is 0 Å². The molecule has 3 heterocycles. The first kappa shape index (κ1) is 16.7. The van der Waals surface area contributed by atoms with Crippen molar-refractivity contribution in [3.05, 3.63) is 64.0 Å². The lowest BCUT2D eigenvalue weighted by Crippen LogP contribution is -2.32. The molecule has 2 aromatic heterocycles. The lowest BCUT2D eigenvalue weighted by molar-refractivity contribution is 0.203. The monoisotopic (exact) mass is 375 g/mol. The molecule has 0 atom stereocenters. The Morgan fingerprint density at radius 2 is 1.80 bits per heavy atom. The van der Waals surface area contributed by atoms with Crippen molar-refractivity contribution >= 4 is 28.8 Å². The van der Waals surface area contributed by atoms with Gasteiger partial charge in [0.2, 0.25) is 0 Å². The predicted molar refractivity (Wildman–Crippen MR) is 101 cm³/mol. The molecule has 1 saturated heterocycles. The average molecular weight is 376 g/mol. The molecule has 1 aliphatic heterocycles. The number of halogens is 2. The summed E-state index contributed by atoms with van der Waals surface area (Å²) in [6.45, 7) is 2.89. The molecule has 130 valence electrons. The molecular weight excluding hydrogens is 357 g/mol. The third kappa shape index (κ3) is 3.61. The fourth-order valence-electron chi connectivity index (χ4n) is 3.55. The van der Waals surface area contributed by atoms with Crippen LogP contribution in [0.25, 0.3) is 5.65 Å². The zero-order chi connectivity index (χ0) is 17.4. The second kappa shape index (κ2) is 6.87. The molecule has 0 saturated carbocycles. The van der Waals surface area contributed by atoms with Crippen LogP contribution in [0.4, 0.5) is 0 Å². The van der Waals surface area contributed by atoms with Crippen LogP contribution in [-0.2, 0) is 6.54 Å². The van der Waals surface area contributed by atoms with Crippen molar-refractivity contribution in [1.29, 1.82) is 0 Å². The summed E-state index contributed by atoms with van der Waals surface area (Å²) in [5.41, 5.74) is 3.07. The number of rotatable bonds is 3. The fraction of sp³-hybridized carbons (Fsp3) is 0.316. The van der Waals surface area contributed by atoms with Gasteiger partial charge in [-0.1, -0.05) is 35.3 Å². The van der Waals surface area contributed by atoms with Crippen LogP contribution >= 0.6 is 23.2 Å². The summed E-state index contributed by atoms with van der Waals surface area (Å²) in [4.78, 5) is 7.06. The first-order valence-electron chi connectivity index (χ1n) is 8.42. The molecule has 0 radical (unpaired) electrons. The number of piperidine rings is 1. The zero-order valence-electron chi connectivity index (χ0n) is 13.7. The Balaban J connectivity index is 1.41. The molecule has 1 aliphatic rings. The van der Waals surface area contributed by atoms with Gasteiger partial charge in [-0.15, -0.1) is 0 Å². The molecule has 0 amide bonds. The van der Waals surface area contributed by atoms with E-state index in [9.17, 15) is 5.11 Å². The second-order valence-electron chi connectivity index (χ2n) is 6.61. The number of aromatic hydroxyl groups is 1. The van der Waals surface area contributed by atoms with E-state index in [0.717, 1.165) is 43.8 Å². The van der Waals surface area contributed by atoms with Gasteiger partial charge in [0.05, 0.1) is 15.7 Å². The molecule has 3 aromatic rings. The number of benzene rings is 1. The molecule has 1 fully saturated rings. The van der Waals surface area contributed by atoms with E-state index in [2.05, 4.69) is 9.88 Å². The number of likely N-dealkylation sites (tertiary alicyclic amines) is 1. The van der Waals surface area contributed by atoms with Gasteiger partial charge in [-0.3, -0.25) is 4.90 Å². The molecule has 0 aliphatic carbocycles. The number of phenolic OH excluding ortho intramolecular Hbond substituents is 1. The Morgan fingerprint density at radius 1 is 1.08 bits per heavy atom. The van der Waals surface area contributed by atoms with Crippen molar-refractivity contribution in [3.8, 4) is 5.75 Å². The molecule has 4 nitrogen and oxygen atoms in total. The van der Waals surface area contributed by atoms with Crippen molar-refractivity contribution in [2.75, 3.05) is 13.1 Å². The van der Waals surface area contributed by atoms with Gasteiger partial charge in [0.25, 0.3) is 0 Å². The van der Waals surface area contributed by atoms with Crippen LogP contribution in [0.5, 0.6) is 5.75 Å². The van der Waals surface area contributed by atoms with Gasteiger partial charge in [-0.05, 0) is 55.6 Å². The smallest absolute Gasteiger partial charge is 0.156 e. The fourth-order valence-corrected chi connectivity index (χ4v) is 4.08. The van der Waals surface area contributed by atoms with Crippen LogP contribution in [0.15, 0.2) is 42.7 Å². The minimum atomic E-state index is 0.326. The highest BCUT2D eigenvalue weighted by Crippen LogP contribution is 2.30. The summed E-state index contributed by atoms with van der Waals surface area (Å²) in [6, 6.07) is 9.33. The van der Waals surface area contributed by atoms with Gasteiger partial charge in [-0.2, -0.15) is 0 Å². The lowest BCUT2D eigenvalue weighted by atomic mass is 9.89. The quantitative estimate of drug-likeness (QED) is 0.719. The van der Waals surface area contributed by atoms with Gasteiger partial charge < -0.3 is 9.51 Å². The Kier molecular flexibility index (Phi) is 4.59. The van der Waals surface area contributed by atoms with Gasteiger partial charge in [0.15, 0.2) is 5.65 Å². The normalized spacial score (nSPS) is 16.6. The highest BCUT2D eigenvalue weighted by molar-refractivity contribution is 6.36. The molecule has 1 N–H and O–H groups in total. The Bertz CT molecular complexity index is 884. The van der Waals surface area contributed by atoms with Crippen LogP contribution in [0, 0.1) is 0 Å². The number of imidazole rings is 1. The first-order valence-corrected chi connectivity index (χ1v) is 9.18. The average Bonchev–Trinajstić information content (AvgIpc) is 2.99. The van der Waals surface area contributed by atoms with E-state index in [-0.39, 0.29) is 0 Å². The molecule has 25 heavy (non-hydrogen) atoms. The van der Waals surface area contributed by atoms with Crippen LogP contribution in [-0.4, -0.2) is 32.5 Å². The van der Waals surface area contributed by atoms with E-state index in [1.54, 1.807) is 18.2 Å². The van der Waals surface area contributed by atoms with Crippen molar-refractivity contribution in [3.63, 3.8) is 0 Å². The van der Waals surface area contributed by atoms with Crippen LogP contribution in [0.2, 0.25) is 10.0 Å². The Hall–Kier alpha value is -1.75. The second-order valence-corrected chi connectivity index (χ2v) is 7.45. The molecule has 4 rings (SSSR count). The lowest BCUT2D eigenvalue weighted by Gasteiger charge is -2.31. The summed E-state index contributed by atoms with van der Waals surface area (Å²) in [5.74, 6) is 0.887. The summed E-state index contributed by atoms with van der Waals surface area (Å²) in [6.07, 6.45) is 6.06. The summed E-state index contributed by atoms with van der Waals surface area (Å²) in [7, 11) is 0. The summed E-state index contributed by atoms with van der Waals surface area (Å²) in [5, 5.41) is 10.6. The highest BCUT2D eigenvalue weighted by Gasteiger charge is 2.21. The van der Waals surface area contributed by atoms with Crippen molar-refractivity contribution in [2.45, 2.75) is 25.3 Å². The van der Waals surface area contributed by atoms with E-state index >= 15 is 0 Å². The summed E-state index contributed by atoms with van der Waals surface area (Å²) >= 11 is 12.3. The zero-order valence-corrected chi connectivity index (χ0v) is 15.2. The minimum Gasteiger partial charge on any atom is -0.508 e. The standard InChI is InChI=1S/C19H19Cl2N3O/c20-15-9-18(21)19-22-16(12-24(19)10-15)11-23-7-5-14(6-8-23)13-1-3-17(25)4-2-13/h1-4,9-10,12,14,25H,5-8,11H2. The number of fused-ring (bicyclic) bond motifs is 1. The van der Waals surface area contributed by atoms with E-state index in [0.29, 0.717) is 21.7 Å². The first-order chi connectivity index (χ1) is 12.1. The van der Waals surface area contributed by atoms with Crippen molar-refractivity contribution in [1.82, 2.24) is 14.3 Å². The summed E-state index contributed by atoms with van der Waals surface area (Å²) < 4.78 is 1.89. The number of aromatic nitrogens is 2. The number of nitrogens with zero attached hydrogens (tertiary/aromatic N) is 3. The van der Waals surface area contributed by atoms with Gasteiger partial charge in [-0.25, -0.2) is 4.98 Å². The van der Waals surface area contributed by atoms with Crippen molar-refractivity contribution < 1.29 is 5.11 Å². The maximum Gasteiger partial charge on any atom is 0.156 e. The predicted octanol–water partition coefficient (Wildman–Crippen LogP) is 4.73. The van der Waals surface area contributed by atoms with Gasteiger partial charge in [0.1, 0.15) is 5.75 Å². The third-order valence-electron chi connectivity index (χ3n) is 4.86. The van der Waals surface area contributed by atoms with E-state index in [1.165, 1.54) is 5.56 Å². The van der Waals surface area contributed by atoms with E-state index in [4.69, 9.17) is 23.2 Å². The SMILES string of the molecule is Oc1ccc(C2CCN(Cc3cn4cc(Cl)cc(Cl)c4n3)CC2)cc1. The Labute approximate surface area is 156 Å². The van der Waals surface area contributed by atoms with Crippen LogP contribution in [0.1, 0.15) is 30.0 Å². The van der Waals surface area contributed by atoms with E-state index in [1.807, 2.05) is 28.9 Å². The molecule has 0 spiro atoms. The van der Waals surface area contributed by atoms with Gasteiger partial charge >= 0.3 is 0 Å². The highest BCUT2D eigenvalue weighted by atomic mass is 35.5. The van der Waals surface area contributed by atoms with E-state index < -0.39 is 0 Å². The topological polar surface area (TPSA) is 40.8 Å². The number of phenols is 1. The molecule has 0 unspecified atom stereocenters. The number of hydrogen-bond donors (Lipinski definition) is 1. The minimum absolute atomic E-state index is 0.326. The maximum absolute atomic E-state index is 9.42. The number of pyridine rings is 1.